The third kappa shape index (κ3) is 4.14. The number of carbonyl (C=O) groups excluding carboxylic acids is 2. The molecular weight excluding hydrogens is 381 g/mol. The second kappa shape index (κ2) is 7.44. The quantitative estimate of drug-likeness (QED) is 0.774. The van der Waals surface area contributed by atoms with Crippen LogP contribution in [-0.2, 0) is 22.2 Å². The van der Waals surface area contributed by atoms with Crippen LogP contribution in [0.25, 0.3) is 0 Å². The maximum Gasteiger partial charge on any atom is 0.416 e. The van der Waals surface area contributed by atoms with Crippen molar-refractivity contribution in [3.63, 3.8) is 0 Å². The van der Waals surface area contributed by atoms with Crippen molar-refractivity contribution >= 4 is 29.1 Å². The van der Waals surface area contributed by atoms with E-state index >= 15 is 0 Å². The van der Waals surface area contributed by atoms with Gasteiger partial charge in [0.2, 0.25) is 0 Å². The molecule has 0 fully saturated rings. The first-order valence-electron chi connectivity index (χ1n) is 8.01. The summed E-state index contributed by atoms with van der Waals surface area (Å²) in [6.45, 7) is 0.117. The van der Waals surface area contributed by atoms with Crippen molar-refractivity contribution in [3.05, 3.63) is 76.5 Å². The van der Waals surface area contributed by atoms with Gasteiger partial charge in [0.25, 0.3) is 11.8 Å². The minimum Gasteiger partial charge on any atom is -0.350 e. The third-order valence-corrected chi connectivity index (χ3v) is 4.39. The molecule has 1 N–H and O–H groups in total. The van der Waals surface area contributed by atoms with Gasteiger partial charge in [0.05, 0.1) is 5.56 Å². The number of anilines is 1. The number of amides is 2. The Morgan fingerprint density at radius 2 is 1.67 bits per heavy atom. The van der Waals surface area contributed by atoms with Crippen LogP contribution in [0.2, 0.25) is 0 Å². The molecule has 0 saturated carbocycles. The van der Waals surface area contributed by atoms with E-state index in [1.54, 1.807) is 0 Å². The molecular formula is C19H14ClF3N2O2. The van der Waals surface area contributed by atoms with Gasteiger partial charge in [-0.15, -0.1) is 0 Å². The predicted octanol–water partition coefficient (Wildman–Crippen LogP) is 4.18. The van der Waals surface area contributed by atoms with E-state index in [-0.39, 0.29) is 23.0 Å². The van der Waals surface area contributed by atoms with Gasteiger partial charge in [-0.05, 0) is 30.2 Å². The Balaban J connectivity index is 1.75. The van der Waals surface area contributed by atoms with Crippen LogP contribution in [0.5, 0.6) is 0 Å². The molecule has 0 saturated heterocycles. The van der Waals surface area contributed by atoms with Crippen LogP contribution in [-0.4, -0.2) is 23.3 Å². The molecule has 2 aromatic carbocycles. The van der Waals surface area contributed by atoms with Crippen LogP contribution in [0.3, 0.4) is 0 Å². The molecule has 1 aliphatic rings. The standard InChI is InChI=1S/C19H14ClF3N2O2/c20-15-16(24-14-8-4-7-13(11-14)19(21,22)23)18(27)25(17(15)26)10-9-12-5-2-1-3-6-12/h1-8,11,24H,9-10H2. The normalized spacial score (nSPS) is 14.9. The summed E-state index contributed by atoms with van der Waals surface area (Å²) in [6.07, 6.45) is -4.08. The van der Waals surface area contributed by atoms with Gasteiger partial charge in [-0.25, -0.2) is 0 Å². The second-order valence-electron chi connectivity index (χ2n) is 5.89. The van der Waals surface area contributed by atoms with Crippen molar-refractivity contribution in [2.45, 2.75) is 12.6 Å². The molecule has 0 spiro atoms. The van der Waals surface area contributed by atoms with Crippen LogP contribution in [0.4, 0.5) is 18.9 Å². The Morgan fingerprint density at radius 1 is 0.963 bits per heavy atom. The number of rotatable bonds is 5. The monoisotopic (exact) mass is 394 g/mol. The van der Waals surface area contributed by atoms with Crippen molar-refractivity contribution in [3.8, 4) is 0 Å². The predicted molar refractivity (Wildman–Crippen MR) is 94.8 cm³/mol. The summed E-state index contributed by atoms with van der Waals surface area (Å²) in [6, 6.07) is 13.6. The lowest BCUT2D eigenvalue weighted by Crippen LogP contribution is -2.34. The fraction of sp³-hybridized carbons (Fsp3) is 0.158. The van der Waals surface area contributed by atoms with Gasteiger partial charge in [-0.1, -0.05) is 48.0 Å². The first-order valence-corrected chi connectivity index (χ1v) is 8.39. The van der Waals surface area contributed by atoms with E-state index in [1.807, 2.05) is 30.3 Å². The van der Waals surface area contributed by atoms with Crippen molar-refractivity contribution < 1.29 is 22.8 Å². The minimum atomic E-state index is -4.52. The topological polar surface area (TPSA) is 49.4 Å². The molecule has 2 amide bonds. The highest BCUT2D eigenvalue weighted by Gasteiger charge is 2.38. The molecule has 1 heterocycles. The van der Waals surface area contributed by atoms with Crippen LogP contribution < -0.4 is 5.32 Å². The van der Waals surface area contributed by atoms with E-state index in [0.29, 0.717) is 6.42 Å². The average Bonchev–Trinajstić information content (AvgIpc) is 2.84. The van der Waals surface area contributed by atoms with Gasteiger partial charge in [0.1, 0.15) is 10.7 Å². The fourth-order valence-electron chi connectivity index (χ4n) is 2.66. The number of nitrogens with one attached hydrogen (secondary N) is 1. The zero-order valence-corrected chi connectivity index (χ0v) is 14.6. The summed E-state index contributed by atoms with van der Waals surface area (Å²) in [4.78, 5) is 25.7. The maximum atomic E-state index is 12.8. The van der Waals surface area contributed by atoms with Crippen LogP contribution in [0.15, 0.2) is 65.3 Å². The number of imide groups is 1. The number of alkyl halides is 3. The molecule has 1 aliphatic heterocycles. The van der Waals surface area contributed by atoms with E-state index in [4.69, 9.17) is 11.6 Å². The molecule has 8 heteroatoms. The molecule has 2 aromatic rings. The molecule has 0 radical (unpaired) electrons. The van der Waals surface area contributed by atoms with Gasteiger partial charge in [0, 0.05) is 12.2 Å². The Bertz CT molecular complexity index is 911. The highest BCUT2D eigenvalue weighted by molar-refractivity contribution is 6.48. The van der Waals surface area contributed by atoms with Crippen LogP contribution >= 0.6 is 11.6 Å². The Labute approximate surface area is 158 Å². The summed E-state index contributed by atoms with van der Waals surface area (Å²) >= 11 is 5.96. The van der Waals surface area contributed by atoms with E-state index in [2.05, 4.69) is 5.32 Å². The number of benzene rings is 2. The summed E-state index contributed by atoms with van der Waals surface area (Å²) in [7, 11) is 0. The van der Waals surface area contributed by atoms with Crippen molar-refractivity contribution in [1.82, 2.24) is 4.90 Å². The largest absolute Gasteiger partial charge is 0.416 e. The van der Waals surface area contributed by atoms with Crippen molar-refractivity contribution in [2.75, 3.05) is 11.9 Å². The lowest BCUT2D eigenvalue weighted by molar-refractivity contribution is -0.138. The van der Waals surface area contributed by atoms with Gasteiger partial charge >= 0.3 is 6.18 Å². The number of halogens is 4. The summed E-state index contributed by atoms with van der Waals surface area (Å²) < 4.78 is 38.5. The molecule has 0 bridgehead atoms. The molecule has 27 heavy (non-hydrogen) atoms. The smallest absolute Gasteiger partial charge is 0.350 e. The summed E-state index contributed by atoms with van der Waals surface area (Å²) in [5.41, 5.74) is -0.145. The fourth-order valence-corrected chi connectivity index (χ4v) is 2.89. The van der Waals surface area contributed by atoms with Gasteiger partial charge in [-0.2, -0.15) is 13.2 Å². The van der Waals surface area contributed by atoms with Gasteiger partial charge in [0.15, 0.2) is 0 Å². The number of carbonyl (C=O) groups is 2. The van der Waals surface area contributed by atoms with Crippen LogP contribution in [0.1, 0.15) is 11.1 Å². The Kier molecular flexibility index (Phi) is 5.23. The number of hydrogen-bond acceptors (Lipinski definition) is 3. The van der Waals surface area contributed by atoms with E-state index in [9.17, 15) is 22.8 Å². The molecule has 0 atom stereocenters. The highest BCUT2D eigenvalue weighted by atomic mass is 35.5. The maximum absolute atomic E-state index is 12.8. The first kappa shape index (κ1) is 19.0. The molecule has 0 unspecified atom stereocenters. The lowest BCUT2D eigenvalue weighted by atomic mass is 10.1. The van der Waals surface area contributed by atoms with Crippen molar-refractivity contribution in [1.29, 1.82) is 0 Å². The number of hydrogen-bond donors (Lipinski definition) is 1. The summed E-state index contributed by atoms with van der Waals surface area (Å²) in [5, 5.41) is 2.20. The van der Waals surface area contributed by atoms with E-state index in [0.717, 1.165) is 22.6 Å². The Morgan fingerprint density at radius 3 is 2.33 bits per heavy atom. The average molecular weight is 395 g/mol. The first-order chi connectivity index (χ1) is 12.8. The second-order valence-corrected chi connectivity index (χ2v) is 6.27. The minimum absolute atomic E-state index is 0.0176. The van der Waals surface area contributed by atoms with Gasteiger partial charge < -0.3 is 5.32 Å². The Hall–Kier alpha value is -2.80. The molecule has 0 aromatic heterocycles. The van der Waals surface area contributed by atoms with Crippen molar-refractivity contribution in [2.24, 2.45) is 0 Å². The zero-order chi connectivity index (χ0) is 19.6. The van der Waals surface area contributed by atoms with E-state index < -0.39 is 23.6 Å². The van der Waals surface area contributed by atoms with Crippen LogP contribution in [0, 0.1) is 0 Å². The highest BCUT2D eigenvalue weighted by Crippen LogP contribution is 2.32. The molecule has 3 rings (SSSR count). The molecule has 140 valence electrons. The zero-order valence-electron chi connectivity index (χ0n) is 13.9. The molecule has 4 nitrogen and oxygen atoms in total. The summed E-state index contributed by atoms with van der Waals surface area (Å²) in [5.74, 6) is -1.34. The van der Waals surface area contributed by atoms with E-state index in [1.165, 1.54) is 12.1 Å². The number of nitrogens with zero attached hydrogens (tertiary/aromatic N) is 1. The SMILES string of the molecule is O=C1C(Cl)=C(Nc2cccc(C(F)(F)F)c2)C(=O)N1CCc1ccccc1. The lowest BCUT2D eigenvalue weighted by Gasteiger charge is -2.15. The van der Waals surface area contributed by atoms with Gasteiger partial charge in [-0.3, -0.25) is 14.5 Å². The third-order valence-electron chi connectivity index (χ3n) is 4.04. The molecule has 0 aliphatic carbocycles.